The van der Waals surface area contributed by atoms with E-state index in [1.54, 1.807) is 0 Å². The van der Waals surface area contributed by atoms with Crippen molar-refractivity contribution in [1.29, 1.82) is 0 Å². The maximum atomic E-state index is 10.4. The van der Waals surface area contributed by atoms with Crippen LogP contribution in [0.1, 0.15) is 128 Å². The Hall–Kier alpha value is -0.610. The molecule has 0 saturated heterocycles. The van der Waals surface area contributed by atoms with Crippen molar-refractivity contribution >= 4 is 5.97 Å². The molecule has 0 aromatic rings. The van der Waals surface area contributed by atoms with Gasteiger partial charge in [-0.05, 0) is 25.7 Å². The number of hydrogen-bond donors (Lipinski definition) is 3. The predicted molar refractivity (Wildman–Crippen MR) is 113 cm³/mol. The van der Waals surface area contributed by atoms with E-state index in [-0.39, 0.29) is 12.5 Å². The van der Waals surface area contributed by atoms with Crippen LogP contribution in [0, 0.1) is 0 Å². The first kappa shape index (κ1) is 26.4. The summed E-state index contributed by atoms with van der Waals surface area (Å²) in [5, 5.41) is 27.3. The van der Waals surface area contributed by atoms with Crippen molar-refractivity contribution in [1.82, 2.24) is 0 Å². The molecule has 1 atom stereocenters. The van der Waals surface area contributed by atoms with E-state index < -0.39 is 5.97 Å². The summed E-state index contributed by atoms with van der Waals surface area (Å²) in [7, 11) is 0. The molecule has 0 amide bonds. The molecular weight excluding hydrogens is 340 g/mol. The number of carbonyl (C=O) groups is 1. The van der Waals surface area contributed by atoms with Crippen LogP contribution < -0.4 is 0 Å². The van der Waals surface area contributed by atoms with Gasteiger partial charge in [-0.2, -0.15) is 0 Å². The number of aliphatic carboxylic acids is 1. The Morgan fingerprint density at radius 3 is 1.26 bits per heavy atom. The van der Waals surface area contributed by atoms with Crippen molar-refractivity contribution in [2.75, 3.05) is 6.61 Å². The first-order valence-corrected chi connectivity index (χ1v) is 11.7. The van der Waals surface area contributed by atoms with Gasteiger partial charge in [-0.3, -0.25) is 4.79 Å². The van der Waals surface area contributed by atoms with Gasteiger partial charge in [-0.25, -0.2) is 0 Å². The van der Waals surface area contributed by atoms with Crippen molar-refractivity contribution in [3.8, 4) is 0 Å². The highest BCUT2D eigenvalue weighted by atomic mass is 16.4. The summed E-state index contributed by atoms with van der Waals surface area (Å²) in [6.07, 6.45) is 22.2. The average Bonchev–Trinajstić information content (AvgIpc) is 2.64. The molecule has 0 aliphatic carbocycles. The van der Waals surface area contributed by atoms with E-state index in [9.17, 15) is 9.90 Å². The SMILES string of the molecule is O=C(O)CCCCCCCC(O)CCCCCCCCCCCCCCO. The first-order valence-electron chi connectivity index (χ1n) is 11.7. The van der Waals surface area contributed by atoms with E-state index in [2.05, 4.69) is 0 Å². The topological polar surface area (TPSA) is 77.8 Å². The fourth-order valence-electron chi connectivity index (χ4n) is 3.59. The molecule has 0 rings (SSSR count). The molecule has 27 heavy (non-hydrogen) atoms. The second-order valence-corrected chi connectivity index (χ2v) is 8.11. The van der Waals surface area contributed by atoms with Crippen LogP contribution in [0.2, 0.25) is 0 Å². The Kier molecular flexibility index (Phi) is 21.2. The van der Waals surface area contributed by atoms with Gasteiger partial charge in [0.05, 0.1) is 6.10 Å². The molecule has 4 heteroatoms. The van der Waals surface area contributed by atoms with Crippen molar-refractivity contribution in [2.24, 2.45) is 0 Å². The Morgan fingerprint density at radius 2 is 0.889 bits per heavy atom. The summed E-state index contributed by atoms with van der Waals surface area (Å²) < 4.78 is 0. The van der Waals surface area contributed by atoms with Gasteiger partial charge in [0.25, 0.3) is 0 Å². The molecule has 0 heterocycles. The predicted octanol–water partition coefficient (Wildman–Crippen LogP) is 6.23. The van der Waals surface area contributed by atoms with Crippen molar-refractivity contribution < 1.29 is 20.1 Å². The molecule has 0 aromatic heterocycles. The lowest BCUT2D eigenvalue weighted by molar-refractivity contribution is -0.137. The fraction of sp³-hybridized carbons (Fsp3) is 0.957. The van der Waals surface area contributed by atoms with E-state index in [1.807, 2.05) is 0 Å². The van der Waals surface area contributed by atoms with Crippen LogP contribution in [-0.4, -0.2) is 34.0 Å². The van der Waals surface area contributed by atoms with Gasteiger partial charge in [0.2, 0.25) is 0 Å². The standard InChI is InChI=1S/C23H46O4/c24-21-17-13-8-6-4-2-1-3-5-7-10-14-18-22(25)19-15-11-9-12-16-20-23(26)27/h22,24-25H,1-21H2,(H,26,27). The number of carboxylic acid groups (broad SMARTS) is 1. The summed E-state index contributed by atoms with van der Waals surface area (Å²) in [4.78, 5) is 10.4. The molecule has 3 N–H and O–H groups in total. The summed E-state index contributed by atoms with van der Waals surface area (Å²) in [5.74, 6) is -0.698. The quantitative estimate of drug-likeness (QED) is 0.193. The number of aliphatic hydroxyl groups excluding tert-OH is 2. The molecule has 0 radical (unpaired) electrons. The molecule has 0 aliphatic rings. The van der Waals surface area contributed by atoms with E-state index in [1.165, 1.54) is 64.2 Å². The minimum absolute atomic E-state index is 0.144. The van der Waals surface area contributed by atoms with Crippen molar-refractivity contribution in [3.63, 3.8) is 0 Å². The zero-order valence-corrected chi connectivity index (χ0v) is 17.7. The maximum Gasteiger partial charge on any atom is 0.303 e. The summed E-state index contributed by atoms with van der Waals surface area (Å²) >= 11 is 0. The number of unbranched alkanes of at least 4 members (excludes halogenated alkanes) is 15. The highest BCUT2D eigenvalue weighted by Gasteiger charge is 2.04. The third kappa shape index (κ3) is 23.4. The summed E-state index contributed by atoms with van der Waals surface area (Å²) in [6.45, 7) is 0.340. The van der Waals surface area contributed by atoms with E-state index in [0.29, 0.717) is 6.61 Å². The minimum Gasteiger partial charge on any atom is -0.481 e. The van der Waals surface area contributed by atoms with Crippen LogP contribution in [0.3, 0.4) is 0 Å². The van der Waals surface area contributed by atoms with E-state index in [0.717, 1.165) is 57.8 Å². The van der Waals surface area contributed by atoms with Gasteiger partial charge in [0.1, 0.15) is 0 Å². The molecule has 0 saturated carbocycles. The highest BCUT2D eigenvalue weighted by Crippen LogP contribution is 2.15. The second kappa shape index (κ2) is 21.7. The molecular formula is C23H46O4. The molecule has 4 nitrogen and oxygen atoms in total. The average molecular weight is 387 g/mol. The van der Waals surface area contributed by atoms with Crippen LogP contribution >= 0.6 is 0 Å². The van der Waals surface area contributed by atoms with Crippen LogP contribution in [0.25, 0.3) is 0 Å². The van der Waals surface area contributed by atoms with E-state index >= 15 is 0 Å². The molecule has 162 valence electrons. The van der Waals surface area contributed by atoms with Gasteiger partial charge < -0.3 is 15.3 Å². The minimum atomic E-state index is -0.698. The van der Waals surface area contributed by atoms with Gasteiger partial charge in [0, 0.05) is 13.0 Å². The number of carboxylic acids is 1. The molecule has 0 spiro atoms. The van der Waals surface area contributed by atoms with Gasteiger partial charge in [0.15, 0.2) is 0 Å². The number of aliphatic hydroxyl groups is 2. The second-order valence-electron chi connectivity index (χ2n) is 8.11. The summed E-state index contributed by atoms with van der Waals surface area (Å²) in [6, 6.07) is 0. The van der Waals surface area contributed by atoms with Crippen LogP contribution in [0.15, 0.2) is 0 Å². The van der Waals surface area contributed by atoms with E-state index in [4.69, 9.17) is 10.2 Å². The first-order chi connectivity index (χ1) is 13.2. The fourth-order valence-corrected chi connectivity index (χ4v) is 3.59. The zero-order chi connectivity index (χ0) is 20.0. The maximum absolute atomic E-state index is 10.4. The third-order valence-corrected chi connectivity index (χ3v) is 5.37. The smallest absolute Gasteiger partial charge is 0.303 e. The van der Waals surface area contributed by atoms with Crippen molar-refractivity contribution in [2.45, 2.75) is 135 Å². The third-order valence-electron chi connectivity index (χ3n) is 5.37. The molecule has 0 aliphatic heterocycles. The van der Waals surface area contributed by atoms with Crippen LogP contribution in [-0.2, 0) is 4.79 Å². The Labute approximate surface area is 167 Å². The van der Waals surface area contributed by atoms with Crippen LogP contribution in [0.4, 0.5) is 0 Å². The Balaban J connectivity index is 3.14. The Bertz CT molecular complexity index is 307. The van der Waals surface area contributed by atoms with Crippen molar-refractivity contribution in [3.05, 3.63) is 0 Å². The molecule has 0 fully saturated rings. The largest absolute Gasteiger partial charge is 0.481 e. The lowest BCUT2D eigenvalue weighted by Crippen LogP contribution is -2.05. The lowest BCUT2D eigenvalue weighted by Gasteiger charge is -2.10. The zero-order valence-electron chi connectivity index (χ0n) is 17.7. The molecule has 1 unspecified atom stereocenters. The van der Waals surface area contributed by atoms with Gasteiger partial charge in [-0.15, -0.1) is 0 Å². The van der Waals surface area contributed by atoms with Gasteiger partial charge in [-0.1, -0.05) is 96.3 Å². The molecule has 0 aromatic carbocycles. The normalized spacial score (nSPS) is 12.4. The number of rotatable bonds is 22. The lowest BCUT2D eigenvalue weighted by atomic mass is 10.0. The monoisotopic (exact) mass is 386 g/mol. The number of hydrogen-bond acceptors (Lipinski definition) is 3. The summed E-state index contributed by atoms with van der Waals surface area (Å²) in [5.41, 5.74) is 0. The Morgan fingerprint density at radius 1 is 0.556 bits per heavy atom. The van der Waals surface area contributed by atoms with Gasteiger partial charge >= 0.3 is 5.97 Å². The molecule has 0 bridgehead atoms. The van der Waals surface area contributed by atoms with Crippen LogP contribution in [0.5, 0.6) is 0 Å². The highest BCUT2D eigenvalue weighted by molar-refractivity contribution is 5.66.